The summed E-state index contributed by atoms with van der Waals surface area (Å²) in [4.78, 5) is 42.8. The summed E-state index contributed by atoms with van der Waals surface area (Å²) in [6.45, 7) is 0. The van der Waals surface area contributed by atoms with Crippen LogP contribution < -0.4 is 15.6 Å². The van der Waals surface area contributed by atoms with E-state index >= 15 is 0 Å². The zero-order valence-corrected chi connectivity index (χ0v) is 24.2. The van der Waals surface area contributed by atoms with Gasteiger partial charge in [0, 0.05) is 66.3 Å². The van der Waals surface area contributed by atoms with Crippen molar-refractivity contribution in [3.05, 3.63) is 152 Å². The van der Waals surface area contributed by atoms with Gasteiger partial charge in [-0.2, -0.15) is 0 Å². The number of aromatic nitrogens is 3. The number of benzene rings is 3. The summed E-state index contributed by atoms with van der Waals surface area (Å²) < 4.78 is 7.11. The number of fused-ring (bicyclic) bond motifs is 2. The summed E-state index contributed by atoms with van der Waals surface area (Å²) in [5.41, 5.74) is 4.93. The highest BCUT2D eigenvalue weighted by atomic mass is 16.5. The number of carboxylic acid groups (broad SMARTS) is 1. The van der Waals surface area contributed by atoms with E-state index in [9.17, 15) is 14.4 Å². The standard InChI is InChI=1S/C27H22N2O4.C9H7NO/c1-29-23-8-4-3-7-21(23)26(30)22(16-19-10-12-20(13-11-19)27(31)32)24(29)9-5-6-18-14-15-28-25(17-18)33-2;11-9-5-6-10-8-4-2-1-3-7(8)9/h3-4,7-8,10-15,17H,6,16H2,1-2H3,(H,31,32);1-6H,(H,10,11). The van der Waals surface area contributed by atoms with Crippen LogP contribution in [0.2, 0.25) is 0 Å². The summed E-state index contributed by atoms with van der Waals surface area (Å²) in [5.74, 6) is 5.93. The smallest absolute Gasteiger partial charge is 0.335 e. The van der Waals surface area contributed by atoms with E-state index in [-0.39, 0.29) is 16.4 Å². The van der Waals surface area contributed by atoms with Crippen molar-refractivity contribution >= 4 is 27.8 Å². The molecule has 0 saturated carbocycles. The molecule has 0 radical (unpaired) electrons. The second-order valence-corrected chi connectivity index (χ2v) is 9.98. The van der Waals surface area contributed by atoms with E-state index in [4.69, 9.17) is 9.84 Å². The van der Waals surface area contributed by atoms with Crippen molar-refractivity contribution in [2.24, 2.45) is 7.05 Å². The molecular formula is C36H29N3O5. The molecule has 0 spiro atoms. The van der Waals surface area contributed by atoms with Gasteiger partial charge in [0.05, 0.1) is 23.9 Å². The number of methoxy groups -OCH3 is 1. The predicted molar refractivity (Wildman–Crippen MR) is 171 cm³/mol. The molecule has 6 rings (SSSR count). The Morgan fingerprint density at radius 2 is 1.66 bits per heavy atom. The number of hydrogen-bond donors (Lipinski definition) is 2. The number of aromatic carboxylic acids is 1. The van der Waals surface area contributed by atoms with Crippen LogP contribution >= 0.6 is 0 Å². The van der Waals surface area contributed by atoms with Crippen LogP contribution in [0.1, 0.15) is 32.7 Å². The van der Waals surface area contributed by atoms with Gasteiger partial charge in [-0.15, -0.1) is 0 Å². The number of H-pyrrole nitrogens is 1. The number of carbonyl (C=O) groups is 1. The van der Waals surface area contributed by atoms with Gasteiger partial charge in [0.15, 0.2) is 10.9 Å². The summed E-state index contributed by atoms with van der Waals surface area (Å²) >= 11 is 0. The highest BCUT2D eigenvalue weighted by molar-refractivity contribution is 5.87. The first kappa shape index (κ1) is 29.5. The third kappa shape index (κ3) is 6.58. The van der Waals surface area contributed by atoms with Crippen molar-refractivity contribution in [3.8, 4) is 17.7 Å². The zero-order valence-electron chi connectivity index (χ0n) is 24.2. The first-order valence-corrected chi connectivity index (χ1v) is 13.8. The number of nitrogens with one attached hydrogen (secondary N) is 1. The fourth-order valence-corrected chi connectivity index (χ4v) is 4.87. The lowest BCUT2D eigenvalue weighted by Gasteiger charge is -2.14. The molecule has 0 aliphatic heterocycles. The topological polar surface area (TPSA) is 114 Å². The van der Waals surface area contributed by atoms with Crippen molar-refractivity contribution in [2.75, 3.05) is 7.11 Å². The molecular weight excluding hydrogens is 554 g/mol. The van der Waals surface area contributed by atoms with Gasteiger partial charge in [0.2, 0.25) is 5.88 Å². The number of para-hydroxylation sites is 2. The number of aromatic amines is 1. The fourth-order valence-electron chi connectivity index (χ4n) is 4.87. The monoisotopic (exact) mass is 583 g/mol. The van der Waals surface area contributed by atoms with Crippen molar-refractivity contribution in [3.63, 3.8) is 0 Å². The second-order valence-electron chi connectivity index (χ2n) is 9.98. The molecule has 3 aromatic heterocycles. The number of carboxylic acids is 1. The van der Waals surface area contributed by atoms with E-state index in [1.165, 1.54) is 6.07 Å². The molecule has 0 fully saturated rings. The van der Waals surface area contributed by atoms with E-state index in [1.807, 2.05) is 72.3 Å². The Morgan fingerprint density at radius 1 is 0.932 bits per heavy atom. The summed E-state index contributed by atoms with van der Waals surface area (Å²) in [5, 5.41) is 10.5. The molecule has 0 bridgehead atoms. The van der Waals surface area contributed by atoms with Gasteiger partial charge in [-0.05, 0) is 59.5 Å². The molecule has 6 aromatic rings. The Hall–Kier alpha value is -5.94. The lowest BCUT2D eigenvalue weighted by molar-refractivity contribution is 0.0697. The van der Waals surface area contributed by atoms with Gasteiger partial charge in [0.25, 0.3) is 0 Å². The highest BCUT2D eigenvalue weighted by Gasteiger charge is 2.15. The SMILES string of the molecule is COc1cc(CC#Cc2c(Cc3ccc(C(=O)O)cc3)c(=O)c3ccccc3n2C)ccn1.O=c1cc[nH]c2ccccc12. The number of hydrogen-bond acceptors (Lipinski definition) is 5. The average Bonchev–Trinajstić information content (AvgIpc) is 3.06. The molecule has 218 valence electrons. The Labute approximate surface area is 253 Å². The van der Waals surface area contributed by atoms with Crippen LogP contribution in [0.4, 0.5) is 0 Å². The summed E-state index contributed by atoms with van der Waals surface area (Å²) in [6.07, 6.45) is 4.16. The number of pyridine rings is 3. The first-order valence-electron chi connectivity index (χ1n) is 13.8. The molecule has 0 unspecified atom stereocenters. The summed E-state index contributed by atoms with van der Waals surface area (Å²) in [7, 11) is 3.47. The van der Waals surface area contributed by atoms with Gasteiger partial charge in [-0.25, -0.2) is 9.78 Å². The minimum atomic E-state index is -0.984. The van der Waals surface area contributed by atoms with Crippen LogP contribution in [0, 0.1) is 11.8 Å². The van der Waals surface area contributed by atoms with Crippen LogP contribution in [-0.4, -0.2) is 32.7 Å². The molecule has 2 N–H and O–H groups in total. The Kier molecular flexibility index (Phi) is 8.97. The van der Waals surface area contributed by atoms with Crippen molar-refractivity contribution in [2.45, 2.75) is 12.8 Å². The van der Waals surface area contributed by atoms with Crippen molar-refractivity contribution in [1.82, 2.24) is 14.5 Å². The van der Waals surface area contributed by atoms with Gasteiger partial charge in [-0.1, -0.05) is 42.3 Å². The lowest BCUT2D eigenvalue weighted by atomic mass is 9.99. The van der Waals surface area contributed by atoms with E-state index in [0.717, 1.165) is 27.5 Å². The normalized spacial score (nSPS) is 10.4. The second kappa shape index (κ2) is 13.4. The summed E-state index contributed by atoms with van der Waals surface area (Å²) in [6, 6.07) is 26.7. The maximum Gasteiger partial charge on any atom is 0.335 e. The number of rotatable bonds is 5. The molecule has 3 aromatic carbocycles. The molecule has 8 heteroatoms. The molecule has 0 aliphatic carbocycles. The molecule has 44 heavy (non-hydrogen) atoms. The van der Waals surface area contributed by atoms with Gasteiger partial charge in [0.1, 0.15) is 0 Å². The first-order chi connectivity index (χ1) is 21.4. The van der Waals surface area contributed by atoms with Crippen LogP contribution in [0.15, 0.2) is 113 Å². The van der Waals surface area contributed by atoms with Crippen molar-refractivity contribution in [1.29, 1.82) is 0 Å². The largest absolute Gasteiger partial charge is 0.481 e. The van der Waals surface area contributed by atoms with Crippen LogP contribution in [0.25, 0.3) is 21.8 Å². The molecule has 0 atom stereocenters. The third-order valence-electron chi connectivity index (χ3n) is 7.16. The lowest BCUT2D eigenvalue weighted by Crippen LogP contribution is -2.18. The number of aryl methyl sites for hydroxylation is 1. The predicted octanol–water partition coefficient (Wildman–Crippen LogP) is 5.35. The minimum absolute atomic E-state index is 0.0686. The molecule has 8 nitrogen and oxygen atoms in total. The van der Waals surface area contributed by atoms with Crippen LogP contribution in [-0.2, 0) is 19.9 Å². The molecule has 0 aliphatic rings. The Morgan fingerprint density at radius 3 is 2.39 bits per heavy atom. The van der Waals surface area contributed by atoms with Gasteiger partial charge < -0.3 is 19.4 Å². The molecule has 0 amide bonds. The highest BCUT2D eigenvalue weighted by Crippen LogP contribution is 2.18. The fraction of sp³-hybridized carbons (Fsp3) is 0.111. The molecule has 0 saturated heterocycles. The quantitative estimate of drug-likeness (QED) is 0.265. The van der Waals surface area contributed by atoms with E-state index in [2.05, 4.69) is 21.8 Å². The van der Waals surface area contributed by atoms with E-state index < -0.39 is 5.97 Å². The van der Waals surface area contributed by atoms with Crippen LogP contribution in [0.3, 0.4) is 0 Å². The maximum atomic E-state index is 13.4. The van der Waals surface area contributed by atoms with E-state index in [1.54, 1.807) is 43.8 Å². The average molecular weight is 584 g/mol. The Balaban J connectivity index is 0.000000291. The van der Waals surface area contributed by atoms with Crippen LogP contribution in [0.5, 0.6) is 5.88 Å². The third-order valence-corrected chi connectivity index (χ3v) is 7.16. The maximum absolute atomic E-state index is 13.4. The number of nitrogens with zero attached hydrogens (tertiary/aromatic N) is 2. The zero-order chi connectivity index (χ0) is 31.1. The minimum Gasteiger partial charge on any atom is -0.481 e. The van der Waals surface area contributed by atoms with Gasteiger partial charge in [-0.3, -0.25) is 9.59 Å². The van der Waals surface area contributed by atoms with Crippen molar-refractivity contribution < 1.29 is 14.6 Å². The molecule has 3 heterocycles. The van der Waals surface area contributed by atoms with Gasteiger partial charge >= 0.3 is 5.97 Å². The number of ether oxygens (including phenoxy) is 1. The van der Waals surface area contributed by atoms with E-state index in [0.29, 0.717) is 35.4 Å². The Bertz CT molecular complexity index is 2150.